The number of hydrogen-bond donors (Lipinski definition) is 1. The molecule has 1 aliphatic rings. The molecule has 0 spiro atoms. The average Bonchev–Trinajstić information content (AvgIpc) is 2.86. The minimum Gasteiger partial charge on any atom is -0.469 e. The summed E-state index contributed by atoms with van der Waals surface area (Å²) in [5.74, 6) is 0.804. The molecule has 82 valence electrons. The van der Waals surface area contributed by atoms with Crippen molar-refractivity contribution in [3.05, 3.63) is 23.7 Å². The second kappa shape index (κ2) is 4.51. The van der Waals surface area contributed by atoms with Gasteiger partial charge in [-0.3, -0.25) is 4.79 Å². The van der Waals surface area contributed by atoms with Gasteiger partial charge in [-0.25, -0.2) is 0 Å². The largest absolute Gasteiger partial charge is 0.469 e. The Kier molecular flexibility index (Phi) is 3.09. The van der Waals surface area contributed by atoms with Gasteiger partial charge in [0.15, 0.2) is 0 Å². The molecule has 3 nitrogen and oxygen atoms in total. The van der Waals surface area contributed by atoms with Crippen molar-refractivity contribution in [2.24, 2.45) is 0 Å². The quantitative estimate of drug-likeness (QED) is 0.827. The zero-order valence-electron chi connectivity index (χ0n) is 9.08. The fraction of sp³-hybridized carbons (Fsp3) is 0.583. The normalized spacial score (nSPS) is 16.9. The number of carbonyl (C=O) groups excluding carboxylic acids is 1. The van der Waals surface area contributed by atoms with Crippen LogP contribution in [-0.4, -0.2) is 11.9 Å². The van der Waals surface area contributed by atoms with Crippen molar-refractivity contribution in [2.75, 3.05) is 0 Å². The Morgan fingerprint density at radius 2 is 2.27 bits per heavy atom. The van der Waals surface area contributed by atoms with Crippen LogP contribution in [-0.2, 0) is 6.42 Å². The smallest absolute Gasteiger partial charge is 0.255 e. The van der Waals surface area contributed by atoms with Crippen LogP contribution < -0.4 is 5.32 Å². The van der Waals surface area contributed by atoms with E-state index in [-0.39, 0.29) is 5.91 Å². The van der Waals surface area contributed by atoms with Gasteiger partial charge in [0.1, 0.15) is 5.76 Å². The molecule has 0 unspecified atom stereocenters. The minimum absolute atomic E-state index is 0.0208. The Balaban J connectivity index is 2.00. The highest BCUT2D eigenvalue weighted by molar-refractivity contribution is 5.95. The fourth-order valence-electron chi connectivity index (χ4n) is 2.15. The van der Waals surface area contributed by atoms with E-state index in [1.54, 1.807) is 12.3 Å². The van der Waals surface area contributed by atoms with Crippen LogP contribution in [0.4, 0.5) is 0 Å². The number of hydrogen-bond acceptors (Lipinski definition) is 2. The highest BCUT2D eigenvalue weighted by atomic mass is 16.3. The first kappa shape index (κ1) is 10.3. The number of nitrogens with one attached hydrogen (secondary N) is 1. The summed E-state index contributed by atoms with van der Waals surface area (Å²) >= 11 is 0. The third-order valence-electron chi connectivity index (χ3n) is 3.00. The number of aryl methyl sites for hydroxylation is 1. The van der Waals surface area contributed by atoms with Crippen LogP contribution in [0.1, 0.15) is 48.7 Å². The topological polar surface area (TPSA) is 42.2 Å². The van der Waals surface area contributed by atoms with Crippen LogP contribution >= 0.6 is 0 Å². The maximum Gasteiger partial charge on any atom is 0.255 e. The van der Waals surface area contributed by atoms with Gasteiger partial charge in [0.25, 0.3) is 5.91 Å². The molecule has 1 aromatic rings. The first-order valence-electron chi connectivity index (χ1n) is 5.68. The lowest BCUT2D eigenvalue weighted by Crippen LogP contribution is -2.32. The van der Waals surface area contributed by atoms with Crippen molar-refractivity contribution in [3.8, 4) is 0 Å². The van der Waals surface area contributed by atoms with Gasteiger partial charge in [-0.15, -0.1) is 0 Å². The van der Waals surface area contributed by atoms with E-state index in [1.807, 2.05) is 6.92 Å². The third-order valence-corrected chi connectivity index (χ3v) is 3.00. The van der Waals surface area contributed by atoms with Gasteiger partial charge < -0.3 is 9.73 Å². The zero-order valence-corrected chi connectivity index (χ0v) is 9.08. The molecule has 1 aliphatic carbocycles. The monoisotopic (exact) mass is 207 g/mol. The average molecular weight is 207 g/mol. The molecule has 0 radical (unpaired) electrons. The number of amides is 1. The first-order valence-corrected chi connectivity index (χ1v) is 5.68. The SMILES string of the molecule is CCc1occc1C(=O)NC1CCCC1. The lowest BCUT2D eigenvalue weighted by Gasteiger charge is -2.11. The van der Waals surface area contributed by atoms with Crippen LogP contribution in [0.2, 0.25) is 0 Å². The predicted molar refractivity (Wildman–Crippen MR) is 57.8 cm³/mol. The van der Waals surface area contributed by atoms with Gasteiger partial charge in [-0.2, -0.15) is 0 Å². The number of furan rings is 1. The van der Waals surface area contributed by atoms with Crippen molar-refractivity contribution in [2.45, 2.75) is 45.1 Å². The summed E-state index contributed by atoms with van der Waals surface area (Å²) in [5, 5.41) is 3.06. The van der Waals surface area contributed by atoms with E-state index >= 15 is 0 Å². The number of carbonyl (C=O) groups is 1. The molecule has 1 saturated carbocycles. The molecule has 15 heavy (non-hydrogen) atoms. The molecule has 1 amide bonds. The van der Waals surface area contributed by atoms with Gasteiger partial charge in [-0.05, 0) is 18.9 Å². The molecule has 0 atom stereocenters. The summed E-state index contributed by atoms with van der Waals surface area (Å²) in [6.07, 6.45) is 7.05. The summed E-state index contributed by atoms with van der Waals surface area (Å²) in [6, 6.07) is 2.13. The first-order chi connectivity index (χ1) is 7.31. The van der Waals surface area contributed by atoms with Crippen molar-refractivity contribution in [1.29, 1.82) is 0 Å². The van der Waals surface area contributed by atoms with E-state index in [9.17, 15) is 4.79 Å². The van der Waals surface area contributed by atoms with E-state index < -0.39 is 0 Å². The van der Waals surface area contributed by atoms with E-state index in [0.717, 1.165) is 25.0 Å². The van der Waals surface area contributed by atoms with Crippen LogP contribution in [0.15, 0.2) is 16.7 Å². The summed E-state index contributed by atoms with van der Waals surface area (Å²) in [7, 11) is 0. The Morgan fingerprint density at radius 1 is 1.53 bits per heavy atom. The standard InChI is InChI=1S/C12H17NO2/c1-2-11-10(7-8-15-11)12(14)13-9-5-3-4-6-9/h7-9H,2-6H2,1H3,(H,13,14). The lowest BCUT2D eigenvalue weighted by molar-refractivity contribution is 0.0936. The van der Waals surface area contributed by atoms with Crippen LogP contribution in [0.25, 0.3) is 0 Å². The molecule has 2 rings (SSSR count). The Morgan fingerprint density at radius 3 is 2.93 bits per heavy atom. The van der Waals surface area contributed by atoms with Gasteiger partial charge in [-0.1, -0.05) is 19.8 Å². The van der Waals surface area contributed by atoms with Gasteiger partial charge in [0.2, 0.25) is 0 Å². The van der Waals surface area contributed by atoms with Crippen molar-refractivity contribution in [1.82, 2.24) is 5.32 Å². The second-order valence-electron chi connectivity index (χ2n) is 4.07. The molecular formula is C12H17NO2. The Labute approximate surface area is 89.9 Å². The molecule has 1 fully saturated rings. The summed E-state index contributed by atoms with van der Waals surface area (Å²) in [5.41, 5.74) is 0.699. The van der Waals surface area contributed by atoms with Crippen LogP contribution in [0.3, 0.4) is 0 Å². The zero-order chi connectivity index (χ0) is 10.7. The highest BCUT2D eigenvalue weighted by Gasteiger charge is 2.20. The summed E-state index contributed by atoms with van der Waals surface area (Å²) < 4.78 is 5.24. The molecule has 1 heterocycles. The third kappa shape index (κ3) is 2.22. The maximum atomic E-state index is 11.9. The molecule has 0 aromatic carbocycles. The maximum absolute atomic E-state index is 11.9. The minimum atomic E-state index is 0.0208. The van der Waals surface area contributed by atoms with Gasteiger partial charge in [0, 0.05) is 12.5 Å². The van der Waals surface area contributed by atoms with E-state index in [0.29, 0.717) is 11.6 Å². The second-order valence-corrected chi connectivity index (χ2v) is 4.07. The molecule has 0 aliphatic heterocycles. The van der Waals surface area contributed by atoms with E-state index in [4.69, 9.17) is 4.42 Å². The highest BCUT2D eigenvalue weighted by Crippen LogP contribution is 2.19. The molecule has 1 aromatic heterocycles. The van der Waals surface area contributed by atoms with Gasteiger partial charge in [0.05, 0.1) is 11.8 Å². The molecular weight excluding hydrogens is 190 g/mol. The van der Waals surface area contributed by atoms with Crippen LogP contribution in [0.5, 0.6) is 0 Å². The molecule has 3 heteroatoms. The van der Waals surface area contributed by atoms with Crippen LogP contribution in [0, 0.1) is 0 Å². The van der Waals surface area contributed by atoms with Crippen molar-refractivity contribution < 1.29 is 9.21 Å². The van der Waals surface area contributed by atoms with E-state index in [2.05, 4.69) is 5.32 Å². The van der Waals surface area contributed by atoms with Gasteiger partial charge >= 0.3 is 0 Å². The molecule has 0 bridgehead atoms. The fourth-order valence-corrected chi connectivity index (χ4v) is 2.15. The summed E-state index contributed by atoms with van der Waals surface area (Å²) in [4.78, 5) is 11.9. The lowest BCUT2D eigenvalue weighted by atomic mass is 10.1. The van der Waals surface area contributed by atoms with Crippen molar-refractivity contribution >= 4 is 5.91 Å². The molecule has 0 saturated heterocycles. The number of rotatable bonds is 3. The summed E-state index contributed by atoms with van der Waals surface area (Å²) in [6.45, 7) is 1.99. The Bertz CT molecular complexity index is 337. The van der Waals surface area contributed by atoms with E-state index in [1.165, 1.54) is 12.8 Å². The predicted octanol–water partition coefficient (Wildman–Crippen LogP) is 2.51. The Hall–Kier alpha value is -1.25. The molecule has 1 N–H and O–H groups in total. The van der Waals surface area contributed by atoms with Crippen molar-refractivity contribution in [3.63, 3.8) is 0 Å².